The molecule has 3 rings (SSSR count). The summed E-state index contributed by atoms with van der Waals surface area (Å²) < 4.78 is 24.8. The molecule has 0 spiro atoms. The highest BCUT2D eigenvalue weighted by Gasteiger charge is 2.14. The summed E-state index contributed by atoms with van der Waals surface area (Å²) >= 11 is 0. The van der Waals surface area contributed by atoms with Crippen LogP contribution in [0, 0.1) is 24.1 Å². The zero-order chi connectivity index (χ0) is 19.4. The van der Waals surface area contributed by atoms with Crippen LogP contribution in [0.15, 0.2) is 36.5 Å². The number of aromatic nitrogens is 1. The lowest BCUT2D eigenvalue weighted by molar-refractivity contribution is 0.146. The molecule has 0 atom stereocenters. The topological polar surface area (TPSA) is 87.4 Å². The fraction of sp³-hybridized carbons (Fsp3) is 0.200. The molecule has 0 aliphatic rings. The number of phenols is 1. The number of aryl methyl sites for hydroxylation is 1. The average Bonchev–Trinajstić information content (AvgIpc) is 2.66. The van der Waals surface area contributed by atoms with Gasteiger partial charge in [-0.2, -0.15) is 5.26 Å². The van der Waals surface area contributed by atoms with E-state index >= 15 is 0 Å². The quantitative estimate of drug-likeness (QED) is 0.640. The van der Waals surface area contributed by atoms with Crippen molar-refractivity contribution in [2.45, 2.75) is 6.92 Å². The number of nitriles is 1. The molecule has 6 nitrogen and oxygen atoms in total. The van der Waals surface area contributed by atoms with Gasteiger partial charge in [-0.3, -0.25) is 4.98 Å². The Labute approximate surface area is 155 Å². The number of halogens is 1. The van der Waals surface area contributed by atoms with Crippen LogP contribution in [-0.4, -0.2) is 30.4 Å². The zero-order valence-electron chi connectivity index (χ0n) is 14.9. The molecule has 1 heterocycles. The van der Waals surface area contributed by atoms with Gasteiger partial charge in [0.25, 0.3) is 0 Å². The van der Waals surface area contributed by atoms with E-state index < -0.39 is 5.82 Å². The molecule has 2 aromatic carbocycles. The van der Waals surface area contributed by atoms with E-state index in [9.17, 15) is 14.8 Å². The van der Waals surface area contributed by atoms with Gasteiger partial charge in [0.15, 0.2) is 0 Å². The Morgan fingerprint density at radius 3 is 2.78 bits per heavy atom. The standard InChI is InChI=1S/C20H18FN3O3/c1-12-9-15(21)17(10-18(12)25)24-16-5-6-23-20-13(16)3-4-19(14(20)11-22)27-8-7-26-2/h3-6,9-10,25H,7-8H2,1-2H3,(H,23,24). The van der Waals surface area contributed by atoms with Crippen molar-refractivity contribution in [2.75, 3.05) is 25.6 Å². The van der Waals surface area contributed by atoms with Crippen LogP contribution < -0.4 is 10.1 Å². The number of rotatable bonds is 6. The van der Waals surface area contributed by atoms with Gasteiger partial charge in [0.2, 0.25) is 0 Å². The third kappa shape index (κ3) is 3.76. The molecule has 0 bridgehead atoms. The van der Waals surface area contributed by atoms with Crippen molar-refractivity contribution >= 4 is 22.3 Å². The lowest BCUT2D eigenvalue weighted by Crippen LogP contribution is -2.06. The summed E-state index contributed by atoms with van der Waals surface area (Å²) in [7, 11) is 1.57. The van der Waals surface area contributed by atoms with Crippen molar-refractivity contribution in [1.29, 1.82) is 5.26 Å². The smallest absolute Gasteiger partial charge is 0.147 e. The van der Waals surface area contributed by atoms with Crippen LogP contribution >= 0.6 is 0 Å². The number of phenolic OH excluding ortho intramolecular Hbond substituents is 1. The van der Waals surface area contributed by atoms with E-state index in [0.29, 0.717) is 46.7 Å². The largest absolute Gasteiger partial charge is 0.508 e. The van der Waals surface area contributed by atoms with E-state index in [1.165, 1.54) is 18.3 Å². The number of anilines is 2. The number of methoxy groups -OCH3 is 1. The summed E-state index contributed by atoms with van der Waals surface area (Å²) in [5, 5.41) is 23.0. The average molecular weight is 367 g/mol. The molecule has 0 unspecified atom stereocenters. The maximum atomic E-state index is 14.2. The second-order valence-corrected chi connectivity index (χ2v) is 5.89. The van der Waals surface area contributed by atoms with Gasteiger partial charge >= 0.3 is 0 Å². The molecule has 0 radical (unpaired) electrons. The highest BCUT2D eigenvalue weighted by Crippen LogP contribution is 2.33. The molecule has 138 valence electrons. The molecule has 7 heteroatoms. The molecule has 0 aliphatic carbocycles. The molecule has 0 saturated carbocycles. The van der Waals surface area contributed by atoms with E-state index in [1.807, 2.05) is 0 Å². The number of aromatic hydroxyl groups is 1. The van der Waals surface area contributed by atoms with Crippen LogP contribution in [0.5, 0.6) is 11.5 Å². The molecular formula is C20H18FN3O3. The van der Waals surface area contributed by atoms with Gasteiger partial charge in [0, 0.05) is 30.4 Å². The predicted molar refractivity (Wildman–Crippen MR) is 99.9 cm³/mol. The van der Waals surface area contributed by atoms with Gasteiger partial charge < -0.3 is 19.9 Å². The van der Waals surface area contributed by atoms with Gasteiger partial charge in [-0.1, -0.05) is 0 Å². The van der Waals surface area contributed by atoms with Gasteiger partial charge in [0.1, 0.15) is 35.6 Å². The summed E-state index contributed by atoms with van der Waals surface area (Å²) in [4.78, 5) is 4.28. The monoisotopic (exact) mass is 367 g/mol. The fourth-order valence-corrected chi connectivity index (χ4v) is 2.67. The predicted octanol–water partition coefficient (Wildman–Crippen LogP) is 4.03. The van der Waals surface area contributed by atoms with Gasteiger partial charge in [-0.05, 0) is 36.8 Å². The molecule has 0 saturated heterocycles. The van der Waals surface area contributed by atoms with E-state index in [4.69, 9.17) is 9.47 Å². The normalized spacial score (nSPS) is 10.6. The number of nitrogens with one attached hydrogen (secondary N) is 1. The zero-order valence-corrected chi connectivity index (χ0v) is 14.9. The Bertz CT molecular complexity index is 1030. The van der Waals surface area contributed by atoms with Crippen molar-refractivity contribution in [1.82, 2.24) is 4.98 Å². The Morgan fingerprint density at radius 2 is 2.04 bits per heavy atom. The van der Waals surface area contributed by atoms with Crippen molar-refractivity contribution < 1.29 is 19.0 Å². The third-order valence-corrected chi connectivity index (χ3v) is 4.09. The first-order valence-corrected chi connectivity index (χ1v) is 8.25. The van der Waals surface area contributed by atoms with E-state index in [-0.39, 0.29) is 11.4 Å². The minimum absolute atomic E-state index is 0.0104. The number of nitrogens with zero attached hydrogens (tertiary/aromatic N) is 2. The number of ether oxygens (including phenoxy) is 2. The Kier molecular flexibility index (Phi) is 5.38. The van der Waals surface area contributed by atoms with Crippen LogP contribution in [0.1, 0.15) is 11.1 Å². The maximum Gasteiger partial charge on any atom is 0.147 e. The third-order valence-electron chi connectivity index (χ3n) is 4.09. The second-order valence-electron chi connectivity index (χ2n) is 5.89. The molecule has 0 amide bonds. The first-order valence-electron chi connectivity index (χ1n) is 8.25. The van der Waals surface area contributed by atoms with Crippen LogP contribution in [0.4, 0.5) is 15.8 Å². The number of pyridine rings is 1. The van der Waals surface area contributed by atoms with Crippen LogP contribution in [0.25, 0.3) is 10.9 Å². The van der Waals surface area contributed by atoms with Crippen molar-refractivity contribution in [3.05, 3.63) is 53.5 Å². The Morgan fingerprint density at radius 1 is 1.22 bits per heavy atom. The lowest BCUT2D eigenvalue weighted by atomic mass is 10.1. The summed E-state index contributed by atoms with van der Waals surface area (Å²) in [6.45, 7) is 2.32. The Hall–Kier alpha value is -3.37. The molecule has 0 aliphatic heterocycles. The minimum atomic E-state index is -0.490. The molecule has 2 N–H and O–H groups in total. The van der Waals surface area contributed by atoms with E-state index in [1.54, 1.807) is 32.2 Å². The van der Waals surface area contributed by atoms with Crippen molar-refractivity contribution in [3.63, 3.8) is 0 Å². The van der Waals surface area contributed by atoms with Crippen molar-refractivity contribution in [3.8, 4) is 17.6 Å². The SMILES string of the molecule is COCCOc1ccc2c(Nc3cc(O)c(C)cc3F)ccnc2c1C#N. The van der Waals surface area contributed by atoms with Gasteiger partial charge in [-0.15, -0.1) is 0 Å². The lowest BCUT2D eigenvalue weighted by Gasteiger charge is -2.14. The Balaban J connectivity index is 2.03. The number of hydrogen-bond acceptors (Lipinski definition) is 6. The molecule has 3 aromatic rings. The van der Waals surface area contributed by atoms with Gasteiger partial charge in [-0.25, -0.2) is 4.39 Å². The first-order chi connectivity index (χ1) is 13.0. The number of benzene rings is 2. The molecule has 0 fully saturated rings. The molecular weight excluding hydrogens is 349 g/mol. The highest BCUT2D eigenvalue weighted by atomic mass is 19.1. The van der Waals surface area contributed by atoms with E-state index in [0.717, 1.165) is 0 Å². The van der Waals surface area contributed by atoms with Crippen LogP contribution in [-0.2, 0) is 4.74 Å². The summed E-state index contributed by atoms with van der Waals surface area (Å²) in [5.74, 6) is -0.0926. The van der Waals surface area contributed by atoms with E-state index in [2.05, 4.69) is 16.4 Å². The highest BCUT2D eigenvalue weighted by molar-refractivity contribution is 5.97. The van der Waals surface area contributed by atoms with Crippen molar-refractivity contribution in [2.24, 2.45) is 0 Å². The molecule has 27 heavy (non-hydrogen) atoms. The number of hydrogen-bond donors (Lipinski definition) is 2. The van der Waals surface area contributed by atoms with Crippen LogP contribution in [0.2, 0.25) is 0 Å². The fourth-order valence-electron chi connectivity index (χ4n) is 2.67. The number of fused-ring (bicyclic) bond motifs is 1. The van der Waals surface area contributed by atoms with Gasteiger partial charge in [0.05, 0.1) is 17.8 Å². The maximum absolute atomic E-state index is 14.2. The molecule has 1 aromatic heterocycles. The first kappa shape index (κ1) is 18.4. The summed E-state index contributed by atoms with van der Waals surface area (Å²) in [6.07, 6.45) is 1.52. The summed E-state index contributed by atoms with van der Waals surface area (Å²) in [6, 6.07) is 9.79. The second kappa shape index (κ2) is 7.89. The summed E-state index contributed by atoms with van der Waals surface area (Å²) in [5.41, 5.74) is 1.86. The minimum Gasteiger partial charge on any atom is -0.508 e. The van der Waals surface area contributed by atoms with Crippen LogP contribution in [0.3, 0.4) is 0 Å².